The molecule has 1 N–H and O–H groups in total. The lowest BCUT2D eigenvalue weighted by Crippen LogP contribution is -2.43. The number of esters is 2. The highest BCUT2D eigenvalue weighted by Gasteiger charge is 2.47. The van der Waals surface area contributed by atoms with Crippen molar-refractivity contribution in [2.24, 2.45) is 11.8 Å². The van der Waals surface area contributed by atoms with Crippen LogP contribution in [0, 0.1) is 11.8 Å². The first-order valence-corrected chi connectivity index (χ1v) is 8.34. The summed E-state index contributed by atoms with van der Waals surface area (Å²) in [6.07, 6.45) is 2.92. The molecule has 4 atom stereocenters. The highest BCUT2D eigenvalue weighted by molar-refractivity contribution is 5.91. The van der Waals surface area contributed by atoms with E-state index in [1.165, 1.54) is 0 Å². The number of aliphatic hydroxyl groups is 1. The summed E-state index contributed by atoms with van der Waals surface area (Å²) in [6, 6.07) is 0. The maximum atomic E-state index is 12.1. The highest BCUT2D eigenvalue weighted by atomic mass is 16.6. The normalized spacial score (nSPS) is 31.1. The van der Waals surface area contributed by atoms with E-state index in [2.05, 4.69) is 6.58 Å². The number of ether oxygens (including phenoxy) is 2. The van der Waals surface area contributed by atoms with Gasteiger partial charge in [0.05, 0.1) is 11.8 Å². The summed E-state index contributed by atoms with van der Waals surface area (Å²) in [5.74, 6) is -1.85. The van der Waals surface area contributed by atoms with E-state index in [1.807, 2.05) is 19.1 Å². The summed E-state index contributed by atoms with van der Waals surface area (Å²) in [5.41, 5.74) is 2.04. The monoisotopic (exact) mass is 334 g/mol. The van der Waals surface area contributed by atoms with Gasteiger partial charge in [0.15, 0.2) is 0 Å². The number of hydrogen-bond donors (Lipinski definition) is 1. The second kappa shape index (κ2) is 7.34. The number of rotatable bonds is 2. The third kappa shape index (κ3) is 3.78. The van der Waals surface area contributed by atoms with E-state index in [1.54, 1.807) is 20.8 Å². The molecule has 0 saturated carbocycles. The van der Waals surface area contributed by atoms with Gasteiger partial charge in [-0.25, -0.2) is 4.79 Å². The molecule has 0 aromatic carbocycles. The number of carbonyl (C=O) groups is 2. The van der Waals surface area contributed by atoms with Crippen molar-refractivity contribution >= 4 is 11.9 Å². The fraction of sp³-hybridized carbons (Fsp3) is 0.579. The van der Waals surface area contributed by atoms with Crippen LogP contribution in [0.3, 0.4) is 0 Å². The van der Waals surface area contributed by atoms with Gasteiger partial charge in [-0.3, -0.25) is 4.79 Å². The molecule has 1 heterocycles. The van der Waals surface area contributed by atoms with Gasteiger partial charge in [0.25, 0.3) is 0 Å². The van der Waals surface area contributed by atoms with Gasteiger partial charge in [-0.05, 0) is 38.3 Å². The largest absolute Gasteiger partial charge is 0.458 e. The molecule has 0 aromatic heterocycles. The van der Waals surface area contributed by atoms with E-state index in [0.717, 1.165) is 24.0 Å². The summed E-state index contributed by atoms with van der Waals surface area (Å²) in [6.45, 7) is 11.0. The molecule has 4 unspecified atom stereocenters. The van der Waals surface area contributed by atoms with E-state index in [-0.39, 0.29) is 11.5 Å². The van der Waals surface area contributed by atoms with Gasteiger partial charge in [-0.15, -0.1) is 0 Å². The van der Waals surface area contributed by atoms with E-state index in [9.17, 15) is 14.7 Å². The Labute approximate surface area is 143 Å². The van der Waals surface area contributed by atoms with Crippen molar-refractivity contribution in [2.45, 2.75) is 58.8 Å². The summed E-state index contributed by atoms with van der Waals surface area (Å²) in [5, 5.41) is 10.7. The Bertz CT molecular complexity index is 599. The molecule has 0 amide bonds. The van der Waals surface area contributed by atoms with Crippen LogP contribution in [0.2, 0.25) is 0 Å². The molecule has 1 fully saturated rings. The highest BCUT2D eigenvalue weighted by Crippen LogP contribution is 2.36. The smallest absolute Gasteiger partial charge is 0.334 e. The Balaban J connectivity index is 2.46. The van der Waals surface area contributed by atoms with Crippen LogP contribution in [-0.2, 0) is 19.1 Å². The Morgan fingerprint density at radius 2 is 2.08 bits per heavy atom. The number of fused-ring (bicyclic) bond motifs is 1. The predicted molar refractivity (Wildman–Crippen MR) is 90.0 cm³/mol. The van der Waals surface area contributed by atoms with Gasteiger partial charge in [0.2, 0.25) is 0 Å². The van der Waals surface area contributed by atoms with Crippen molar-refractivity contribution in [2.75, 3.05) is 0 Å². The van der Waals surface area contributed by atoms with Gasteiger partial charge >= 0.3 is 11.9 Å². The summed E-state index contributed by atoms with van der Waals surface area (Å²) >= 11 is 0. The first-order valence-electron chi connectivity index (χ1n) is 8.34. The second-order valence-electron chi connectivity index (χ2n) is 6.92. The van der Waals surface area contributed by atoms with E-state index < -0.39 is 36.2 Å². The Morgan fingerprint density at radius 1 is 1.42 bits per heavy atom. The summed E-state index contributed by atoms with van der Waals surface area (Å²) < 4.78 is 11.0. The van der Waals surface area contributed by atoms with Crippen LogP contribution >= 0.6 is 0 Å². The molecule has 1 aliphatic heterocycles. The molecule has 5 heteroatoms. The fourth-order valence-electron chi connectivity index (χ4n) is 3.01. The van der Waals surface area contributed by atoms with Crippen molar-refractivity contribution in [3.05, 3.63) is 35.5 Å². The molecule has 2 rings (SSSR count). The van der Waals surface area contributed by atoms with Crippen molar-refractivity contribution in [3.63, 3.8) is 0 Å². The molecular formula is C19H26O5. The first kappa shape index (κ1) is 18.5. The maximum Gasteiger partial charge on any atom is 0.334 e. The molecule has 132 valence electrons. The zero-order valence-electron chi connectivity index (χ0n) is 14.7. The van der Waals surface area contributed by atoms with Crippen LogP contribution in [0.4, 0.5) is 0 Å². The van der Waals surface area contributed by atoms with Crippen LogP contribution in [-0.4, -0.2) is 35.4 Å². The van der Waals surface area contributed by atoms with Crippen LogP contribution in [0.5, 0.6) is 0 Å². The number of carbonyl (C=O) groups excluding carboxylic acids is 2. The minimum Gasteiger partial charge on any atom is -0.458 e. The van der Waals surface area contributed by atoms with Gasteiger partial charge in [0.1, 0.15) is 18.3 Å². The molecule has 0 bridgehead atoms. The third-order valence-electron chi connectivity index (χ3n) is 4.57. The standard InChI is InChI=1S/C19H26O5/c1-10(2)18(21)24-17-15-13(5)19(22)23-14(15)9-11(3)7-6-8-12(4)16(17)20/h8-10,14-17,20H,5-7H2,1-4H3. The van der Waals surface area contributed by atoms with Crippen LogP contribution in [0.15, 0.2) is 35.5 Å². The lowest BCUT2D eigenvalue weighted by molar-refractivity contribution is -0.161. The summed E-state index contributed by atoms with van der Waals surface area (Å²) in [7, 11) is 0. The molecule has 24 heavy (non-hydrogen) atoms. The van der Waals surface area contributed by atoms with Crippen LogP contribution in [0.25, 0.3) is 0 Å². The van der Waals surface area contributed by atoms with Crippen LogP contribution in [0.1, 0.15) is 40.5 Å². The Hall–Kier alpha value is -1.88. The van der Waals surface area contributed by atoms with Gasteiger partial charge < -0.3 is 14.6 Å². The predicted octanol–water partition coefficient (Wildman–Crippen LogP) is 2.70. The minimum absolute atomic E-state index is 0.234. The van der Waals surface area contributed by atoms with Gasteiger partial charge in [0, 0.05) is 5.57 Å². The molecule has 2 aliphatic rings. The summed E-state index contributed by atoms with van der Waals surface area (Å²) in [4.78, 5) is 24.1. The lowest BCUT2D eigenvalue weighted by atomic mass is 9.84. The average Bonchev–Trinajstić information content (AvgIpc) is 2.77. The first-order chi connectivity index (χ1) is 11.2. The Kier molecular flexibility index (Phi) is 5.65. The number of aliphatic hydroxyl groups excluding tert-OH is 1. The molecule has 5 nitrogen and oxygen atoms in total. The van der Waals surface area contributed by atoms with Crippen molar-refractivity contribution in [1.29, 1.82) is 0 Å². The molecule has 0 radical (unpaired) electrons. The van der Waals surface area contributed by atoms with Crippen molar-refractivity contribution in [1.82, 2.24) is 0 Å². The van der Waals surface area contributed by atoms with Crippen molar-refractivity contribution < 1.29 is 24.2 Å². The van der Waals surface area contributed by atoms with E-state index in [0.29, 0.717) is 0 Å². The average molecular weight is 334 g/mol. The molecular weight excluding hydrogens is 308 g/mol. The third-order valence-corrected chi connectivity index (χ3v) is 4.57. The molecule has 1 aliphatic carbocycles. The number of allylic oxidation sites excluding steroid dienone is 2. The zero-order chi connectivity index (χ0) is 18.0. The SMILES string of the molecule is C=C1C(=O)OC2C=C(C)CCC=C(C)C(O)C(OC(=O)C(C)C)C12. The molecule has 1 saturated heterocycles. The zero-order valence-corrected chi connectivity index (χ0v) is 14.7. The van der Waals surface area contributed by atoms with E-state index in [4.69, 9.17) is 9.47 Å². The Morgan fingerprint density at radius 3 is 2.71 bits per heavy atom. The fourth-order valence-corrected chi connectivity index (χ4v) is 3.01. The second-order valence-corrected chi connectivity index (χ2v) is 6.92. The lowest BCUT2D eigenvalue weighted by Gasteiger charge is -2.31. The van der Waals surface area contributed by atoms with Gasteiger partial charge in [-0.2, -0.15) is 0 Å². The van der Waals surface area contributed by atoms with Crippen LogP contribution < -0.4 is 0 Å². The van der Waals surface area contributed by atoms with E-state index >= 15 is 0 Å². The van der Waals surface area contributed by atoms with Crippen molar-refractivity contribution in [3.8, 4) is 0 Å². The molecule has 0 aromatic rings. The minimum atomic E-state index is -1.00. The molecule has 0 spiro atoms. The topological polar surface area (TPSA) is 72.8 Å². The number of hydrogen-bond acceptors (Lipinski definition) is 5. The van der Waals surface area contributed by atoms with Gasteiger partial charge in [-0.1, -0.05) is 32.1 Å². The maximum absolute atomic E-state index is 12.1. The quantitative estimate of drug-likeness (QED) is 0.477.